The number of nitrogens with two attached hydrogens (primary N) is 2. The zero-order valence-corrected chi connectivity index (χ0v) is 19.6. The highest BCUT2D eigenvalue weighted by atomic mass is 35.5. The molecule has 12 heteroatoms. The molecular weight excluding hydrogens is 462 g/mol. The van der Waals surface area contributed by atoms with E-state index in [0.29, 0.717) is 12.5 Å². The number of amides is 1. The van der Waals surface area contributed by atoms with Crippen molar-refractivity contribution >= 4 is 58.0 Å². The summed E-state index contributed by atoms with van der Waals surface area (Å²) in [5.41, 5.74) is 12.3. The fraction of sp³-hybridized carbons (Fsp3) is 0.333. The number of nitrogens with zero attached hydrogens (tertiary/aromatic N) is 5. The molecule has 4 heterocycles. The van der Waals surface area contributed by atoms with Gasteiger partial charge in [-0.15, -0.1) is 0 Å². The van der Waals surface area contributed by atoms with E-state index in [-0.39, 0.29) is 28.0 Å². The van der Waals surface area contributed by atoms with Gasteiger partial charge in [-0.05, 0) is 49.1 Å². The van der Waals surface area contributed by atoms with E-state index < -0.39 is 5.91 Å². The summed E-state index contributed by atoms with van der Waals surface area (Å²) in [4.78, 5) is 25.6. The number of aryl methyl sites for hydroxylation is 1. The van der Waals surface area contributed by atoms with Crippen molar-refractivity contribution in [3.8, 4) is 0 Å². The van der Waals surface area contributed by atoms with Crippen LogP contribution in [0.2, 0.25) is 5.15 Å². The first-order chi connectivity index (χ1) is 15.8. The van der Waals surface area contributed by atoms with Gasteiger partial charge in [0, 0.05) is 48.7 Å². The third-order valence-corrected chi connectivity index (χ3v) is 7.44. The van der Waals surface area contributed by atoms with Gasteiger partial charge in [0.2, 0.25) is 0 Å². The summed E-state index contributed by atoms with van der Waals surface area (Å²) in [5, 5.41) is 7.76. The van der Waals surface area contributed by atoms with E-state index in [1.165, 1.54) is 15.8 Å². The van der Waals surface area contributed by atoms with Gasteiger partial charge in [0.1, 0.15) is 0 Å². The lowest BCUT2D eigenvalue weighted by Crippen LogP contribution is -2.51. The largest absolute Gasteiger partial charge is 0.382 e. The highest BCUT2D eigenvalue weighted by Gasteiger charge is 2.40. The maximum Gasteiger partial charge on any atom is 0.302 e. The Morgan fingerprint density at radius 3 is 2.79 bits per heavy atom. The summed E-state index contributed by atoms with van der Waals surface area (Å²) in [6.07, 6.45) is 3.92. The molecule has 2 aromatic heterocycles. The van der Waals surface area contributed by atoms with E-state index in [1.807, 2.05) is 0 Å². The summed E-state index contributed by atoms with van der Waals surface area (Å²) >= 11 is 7.65. The van der Waals surface area contributed by atoms with Crippen LogP contribution >= 0.6 is 23.5 Å². The van der Waals surface area contributed by atoms with E-state index >= 15 is 0 Å². The molecule has 172 valence electrons. The predicted octanol–water partition coefficient (Wildman–Crippen LogP) is 2.02. The van der Waals surface area contributed by atoms with Crippen LogP contribution in [-0.4, -0.2) is 55.9 Å². The summed E-state index contributed by atoms with van der Waals surface area (Å²) in [5.74, 6) is -0.344. The van der Waals surface area contributed by atoms with Crippen LogP contribution in [0.1, 0.15) is 23.3 Å². The van der Waals surface area contributed by atoms with Crippen molar-refractivity contribution in [1.82, 2.24) is 29.5 Å². The Morgan fingerprint density at radius 1 is 1.21 bits per heavy atom. The number of halogens is 1. The monoisotopic (exact) mass is 485 g/mol. The first-order valence-electron chi connectivity index (χ1n) is 10.5. The minimum Gasteiger partial charge on any atom is -0.382 e. The maximum absolute atomic E-state index is 12.5. The van der Waals surface area contributed by atoms with Crippen molar-refractivity contribution in [3.63, 3.8) is 0 Å². The number of hydrogen-bond acceptors (Lipinski definition) is 7. The number of guanidine groups is 1. The van der Waals surface area contributed by atoms with Crippen molar-refractivity contribution < 1.29 is 4.79 Å². The summed E-state index contributed by atoms with van der Waals surface area (Å²) < 4.78 is 4.50. The van der Waals surface area contributed by atoms with Crippen LogP contribution in [0.15, 0.2) is 40.4 Å². The first-order valence-corrected chi connectivity index (χ1v) is 11.7. The fourth-order valence-corrected chi connectivity index (χ4v) is 5.28. The third-order valence-electron chi connectivity index (χ3n) is 6.07. The average Bonchev–Trinajstić information content (AvgIpc) is 3.35. The molecule has 1 aromatic carbocycles. The van der Waals surface area contributed by atoms with Gasteiger partial charge in [-0.25, -0.2) is 14.3 Å². The molecule has 2 saturated heterocycles. The molecule has 2 fully saturated rings. The molecule has 0 unspecified atom stereocenters. The van der Waals surface area contributed by atoms with E-state index in [9.17, 15) is 4.79 Å². The Kier molecular flexibility index (Phi) is 5.55. The van der Waals surface area contributed by atoms with E-state index in [4.69, 9.17) is 23.1 Å². The van der Waals surface area contributed by atoms with Gasteiger partial charge in [-0.3, -0.25) is 4.79 Å². The number of anilines is 2. The topological polar surface area (TPSA) is 139 Å². The van der Waals surface area contributed by atoms with Gasteiger partial charge in [0.15, 0.2) is 28.4 Å². The number of carbonyl (C=O) groups is 1. The summed E-state index contributed by atoms with van der Waals surface area (Å²) in [7, 11) is 2.06. The molecule has 0 atom stereocenters. The van der Waals surface area contributed by atoms with Gasteiger partial charge in [0.05, 0.1) is 5.54 Å². The average molecular weight is 486 g/mol. The van der Waals surface area contributed by atoms with Crippen LogP contribution < -0.4 is 22.1 Å². The molecule has 2 aliphatic rings. The normalized spacial score (nSPS) is 19.2. The van der Waals surface area contributed by atoms with Crippen LogP contribution in [0.3, 0.4) is 0 Å². The molecule has 2 aliphatic heterocycles. The molecular formula is C21H24ClN9OS. The van der Waals surface area contributed by atoms with Gasteiger partial charge < -0.3 is 26.7 Å². The summed E-state index contributed by atoms with van der Waals surface area (Å²) in [6.45, 7) is 2.52. The summed E-state index contributed by atoms with van der Waals surface area (Å²) in [6, 6.07) is 8.70. The van der Waals surface area contributed by atoms with Crippen molar-refractivity contribution in [1.29, 1.82) is 0 Å². The Bertz CT molecular complexity index is 1270. The smallest absolute Gasteiger partial charge is 0.302 e. The Balaban J connectivity index is 1.21. The number of hydrogen-bond donors (Lipinski definition) is 4. The van der Waals surface area contributed by atoms with Gasteiger partial charge in [0.25, 0.3) is 0 Å². The molecule has 33 heavy (non-hydrogen) atoms. The molecule has 3 aromatic rings. The molecule has 1 spiro atoms. The van der Waals surface area contributed by atoms with Gasteiger partial charge >= 0.3 is 5.91 Å². The van der Waals surface area contributed by atoms with Crippen molar-refractivity contribution in [2.45, 2.75) is 23.3 Å². The molecule has 0 radical (unpaired) electrons. The lowest BCUT2D eigenvalue weighted by atomic mass is 9.90. The number of aromatic nitrogens is 3. The second-order valence-corrected chi connectivity index (χ2v) is 9.85. The number of nitrogen functional groups attached to an aromatic ring is 2. The van der Waals surface area contributed by atoms with Crippen LogP contribution in [0, 0.1) is 0 Å². The molecule has 10 nitrogen and oxygen atoms in total. The molecule has 1 amide bonds. The van der Waals surface area contributed by atoms with Crippen LogP contribution in [-0.2, 0) is 7.05 Å². The number of fused-ring (bicyclic) bond motifs is 1. The van der Waals surface area contributed by atoms with Crippen molar-refractivity contribution in [2.75, 3.05) is 31.1 Å². The predicted molar refractivity (Wildman–Crippen MR) is 131 cm³/mol. The SMILES string of the molecule is Cn1ccc2cc(SN3CCC4(CC3)CN/C(=N\C(=O)c3nc(Cl)c(N)nc3N)N4)ccc21. The lowest BCUT2D eigenvalue weighted by molar-refractivity contribution is 0.0998. The van der Waals surface area contributed by atoms with Crippen LogP contribution in [0.5, 0.6) is 0 Å². The Morgan fingerprint density at radius 2 is 2.00 bits per heavy atom. The van der Waals surface area contributed by atoms with Crippen LogP contribution in [0.25, 0.3) is 10.9 Å². The zero-order valence-electron chi connectivity index (χ0n) is 18.0. The highest BCUT2D eigenvalue weighted by Crippen LogP contribution is 2.33. The number of piperidine rings is 1. The lowest BCUT2D eigenvalue weighted by Gasteiger charge is -2.37. The Hall–Kier alpha value is -3.02. The molecule has 5 rings (SSSR count). The number of rotatable bonds is 3. The van der Waals surface area contributed by atoms with E-state index in [0.717, 1.165) is 25.9 Å². The standard InChI is InChI=1S/C21H24ClN9OS/c1-30-7-4-12-10-13(2-3-14(12)30)33-31-8-5-21(6-9-31)11-25-20(29-21)28-19(32)15-17(23)27-18(24)16(22)26-15/h2-4,7,10H,5-6,8-9,11H2,1H3,(H4,23,24,27)(H2,25,28,29,32). The highest BCUT2D eigenvalue weighted by molar-refractivity contribution is 7.97. The maximum atomic E-state index is 12.5. The second-order valence-electron chi connectivity index (χ2n) is 8.33. The molecule has 0 bridgehead atoms. The number of benzene rings is 1. The van der Waals surface area contributed by atoms with Crippen molar-refractivity contribution in [3.05, 3.63) is 41.3 Å². The number of aliphatic imine (C=N–C) groups is 1. The quantitative estimate of drug-likeness (QED) is 0.410. The molecule has 0 aliphatic carbocycles. The molecule has 6 N–H and O–H groups in total. The molecule has 0 saturated carbocycles. The Labute approximate surface area is 199 Å². The third kappa shape index (κ3) is 4.31. The van der Waals surface area contributed by atoms with Gasteiger partial charge in [-0.2, -0.15) is 4.99 Å². The number of carbonyl (C=O) groups excluding carboxylic acids is 1. The van der Waals surface area contributed by atoms with E-state index in [1.54, 1.807) is 11.9 Å². The minimum atomic E-state index is -0.627. The zero-order chi connectivity index (χ0) is 23.2. The van der Waals surface area contributed by atoms with Crippen molar-refractivity contribution in [2.24, 2.45) is 12.0 Å². The van der Waals surface area contributed by atoms with Gasteiger partial charge in [-0.1, -0.05) is 11.6 Å². The van der Waals surface area contributed by atoms with E-state index in [2.05, 4.69) is 72.0 Å². The first kappa shape index (κ1) is 21.8. The fourth-order valence-electron chi connectivity index (χ4n) is 4.19. The second kappa shape index (κ2) is 8.40. The minimum absolute atomic E-state index is 0.0252. The number of nitrogens with one attached hydrogen (secondary N) is 2. The van der Waals surface area contributed by atoms with Crippen LogP contribution in [0.4, 0.5) is 11.6 Å².